The molecule has 1 aromatic carbocycles. The third kappa shape index (κ3) is 2.84. The van der Waals surface area contributed by atoms with Crippen molar-refractivity contribution >= 4 is 11.4 Å². The zero-order valence-electron chi connectivity index (χ0n) is 12.2. The van der Waals surface area contributed by atoms with Gasteiger partial charge in [0.05, 0.1) is 24.6 Å². The highest BCUT2D eigenvalue weighted by Crippen LogP contribution is 2.19. The molecule has 2 N–H and O–H groups in total. The normalized spacial score (nSPS) is 13.7. The van der Waals surface area contributed by atoms with Crippen LogP contribution in [0.5, 0.6) is 0 Å². The Morgan fingerprint density at radius 2 is 2.09 bits per heavy atom. The van der Waals surface area contributed by atoms with Gasteiger partial charge in [0.15, 0.2) is 0 Å². The Morgan fingerprint density at radius 1 is 1.32 bits per heavy atom. The highest BCUT2D eigenvalue weighted by molar-refractivity contribution is 5.95. The largest absolute Gasteiger partial charge is 0.384 e. The quantitative estimate of drug-likeness (QED) is 0.773. The molecule has 0 radical (unpaired) electrons. The molecule has 0 bridgehead atoms. The van der Waals surface area contributed by atoms with E-state index in [-0.39, 0.29) is 12.5 Å². The van der Waals surface area contributed by atoms with Crippen molar-refractivity contribution < 1.29 is 9.90 Å². The number of benzene rings is 1. The number of nitrogens with zero attached hydrogens (tertiary/aromatic N) is 2. The summed E-state index contributed by atoms with van der Waals surface area (Å²) in [5.74, 6) is -0.222. The van der Waals surface area contributed by atoms with Crippen molar-refractivity contribution in [2.24, 2.45) is 0 Å². The number of carbonyl (C=O) groups excluding carboxylic acids is 1. The fraction of sp³-hybridized carbons (Fsp3) is 0.176. The van der Waals surface area contributed by atoms with Crippen LogP contribution in [0.2, 0.25) is 0 Å². The van der Waals surface area contributed by atoms with Gasteiger partial charge in [0.1, 0.15) is 5.60 Å². The third-order valence-corrected chi connectivity index (χ3v) is 3.67. The number of rotatable bonds is 4. The Labute approximate surface area is 128 Å². The number of hydrogen-bond donors (Lipinski definition) is 2. The van der Waals surface area contributed by atoms with Gasteiger partial charge in [0.2, 0.25) is 0 Å². The molecule has 0 spiro atoms. The van der Waals surface area contributed by atoms with Crippen LogP contribution in [-0.2, 0) is 5.60 Å². The number of nitrogens with one attached hydrogen (secondary N) is 1. The third-order valence-electron chi connectivity index (χ3n) is 3.67. The second-order valence-corrected chi connectivity index (χ2v) is 5.46. The van der Waals surface area contributed by atoms with Crippen LogP contribution in [0.15, 0.2) is 61.2 Å². The molecule has 1 unspecified atom stereocenters. The lowest BCUT2D eigenvalue weighted by atomic mass is 9.96. The van der Waals surface area contributed by atoms with Gasteiger partial charge in [-0.15, -0.1) is 0 Å². The zero-order valence-corrected chi connectivity index (χ0v) is 12.2. The van der Waals surface area contributed by atoms with Gasteiger partial charge >= 0.3 is 0 Å². The molecular formula is C17H17N3O2. The molecular weight excluding hydrogens is 278 g/mol. The number of pyridine rings is 1. The standard InChI is InChI=1S/C17H17N3O2/c1-17(22,14-5-3-2-4-6-14)11-19-16(21)13-7-8-20-12-18-10-15(20)9-13/h2-10,12,22H,11H2,1H3,(H,19,21). The van der Waals surface area contributed by atoms with Gasteiger partial charge in [0.25, 0.3) is 5.91 Å². The lowest BCUT2D eigenvalue weighted by molar-refractivity contribution is 0.0526. The summed E-state index contributed by atoms with van der Waals surface area (Å²) in [7, 11) is 0. The lowest BCUT2D eigenvalue weighted by Gasteiger charge is -2.24. The molecule has 0 fully saturated rings. The van der Waals surface area contributed by atoms with Crippen LogP contribution < -0.4 is 5.32 Å². The average Bonchev–Trinajstić information content (AvgIpc) is 3.01. The summed E-state index contributed by atoms with van der Waals surface area (Å²) in [6, 6.07) is 12.8. The van der Waals surface area contributed by atoms with E-state index >= 15 is 0 Å². The van der Waals surface area contributed by atoms with Gasteiger partial charge in [0, 0.05) is 11.8 Å². The number of imidazole rings is 1. The highest BCUT2D eigenvalue weighted by atomic mass is 16.3. The summed E-state index contributed by atoms with van der Waals surface area (Å²) >= 11 is 0. The molecule has 0 aliphatic heterocycles. The Hall–Kier alpha value is -2.66. The molecule has 112 valence electrons. The SMILES string of the molecule is CC(O)(CNC(=O)c1ccn2cncc2c1)c1ccccc1. The average molecular weight is 295 g/mol. The van der Waals surface area contributed by atoms with Crippen molar-refractivity contribution in [3.8, 4) is 0 Å². The molecule has 3 aromatic rings. The molecule has 3 rings (SSSR count). The Balaban J connectivity index is 1.71. The van der Waals surface area contributed by atoms with Crippen molar-refractivity contribution in [3.05, 3.63) is 72.3 Å². The molecule has 22 heavy (non-hydrogen) atoms. The summed E-state index contributed by atoms with van der Waals surface area (Å²) in [6.45, 7) is 1.82. The van der Waals surface area contributed by atoms with Crippen molar-refractivity contribution in [2.45, 2.75) is 12.5 Å². The molecule has 1 amide bonds. The Kier molecular flexibility index (Phi) is 3.65. The van der Waals surface area contributed by atoms with E-state index in [0.717, 1.165) is 11.1 Å². The van der Waals surface area contributed by atoms with Crippen LogP contribution in [0, 0.1) is 0 Å². The van der Waals surface area contributed by atoms with E-state index < -0.39 is 5.60 Å². The summed E-state index contributed by atoms with van der Waals surface area (Å²) in [5.41, 5.74) is 1.04. The van der Waals surface area contributed by atoms with Gasteiger partial charge in [-0.2, -0.15) is 0 Å². The van der Waals surface area contributed by atoms with Gasteiger partial charge in [-0.1, -0.05) is 30.3 Å². The van der Waals surface area contributed by atoms with E-state index in [2.05, 4.69) is 10.3 Å². The van der Waals surface area contributed by atoms with E-state index in [1.807, 2.05) is 34.7 Å². The number of aliphatic hydroxyl groups is 1. The van der Waals surface area contributed by atoms with Gasteiger partial charge in [-0.25, -0.2) is 4.98 Å². The maximum atomic E-state index is 12.2. The summed E-state index contributed by atoms with van der Waals surface area (Å²) in [4.78, 5) is 16.3. The molecule has 5 nitrogen and oxygen atoms in total. The van der Waals surface area contributed by atoms with Crippen molar-refractivity contribution in [1.82, 2.24) is 14.7 Å². The number of fused-ring (bicyclic) bond motifs is 1. The first-order chi connectivity index (χ1) is 10.6. The van der Waals surface area contributed by atoms with Crippen LogP contribution in [0.4, 0.5) is 0 Å². The molecule has 2 aromatic heterocycles. The minimum absolute atomic E-state index is 0.139. The minimum Gasteiger partial charge on any atom is -0.384 e. The second kappa shape index (κ2) is 5.61. The predicted octanol–water partition coefficient (Wildman–Crippen LogP) is 1.97. The highest BCUT2D eigenvalue weighted by Gasteiger charge is 2.23. The van der Waals surface area contributed by atoms with Crippen LogP contribution >= 0.6 is 0 Å². The van der Waals surface area contributed by atoms with Crippen molar-refractivity contribution in [3.63, 3.8) is 0 Å². The number of amides is 1. The van der Waals surface area contributed by atoms with Gasteiger partial charge in [-0.05, 0) is 24.6 Å². The first-order valence-corrected chi connectivity index (χ1v) is 7.04. The number of carbonyl (C=O) groups is 1. The van der Waals surface area contributed by atoms with Crippen LogP contribution in [-0.4, -0.2) is 26.9 Å². The van der Waals surface area contributed by atoms with Gasteiger partial charge in [-0.3, -0.25) is 4.79 Å². The molecule has 1 atom stereocenters. The van der Waals surface area contributed by atoms with E-state index in [9.17, 15) is 9.90 Å². The summed E-state index contributed by atoms with van der Waals surface area (Å²) < 4.78 is 1.83. The Morgan fingerprint density at radius 3 is 2.86 bits per heavy atom. The molecule has 0 aliphatic carbocycles. The minimum atomic E-state index is -1.11. The van der Waals surface area contributed by atoms with E-state index in [0.29, 0.717) is 5.56 Å². The molecule has 5 heteroatoms. The van der Waals surface area contributed by atoms with Crippen molar-refractivity contribution in [1.29, 1.82) is 0 Å². The first-order valence-electron chi connectivity index (χ1n) is 7.04. The summed E-state index contributed by atoms with van der Waals surface area (Å²) in [5, 5.41) is 13.3. The molecule has 2 heterocycles. The zero-order chi connectivity index (χ0) is 15.6. The smallest absolute Gasteiger partial charge is 0.251 e. The second-order valence-electron chi connectivity index (χ2n) is 5.46. The van der Waals surface area contributed by atoms with E-state index in [4.69, 9.17) is 0 Å². The van der Waals surface area contributed by atoms with E-state index in [1.54, 1.807) is 37.8 Å². The first kappa shape index (κ1) is 14.3. The Bertz CT molecular complexity index is 794. The lowest BCUT2D eigenvalue weighted by Crippen LogP contribution is -2.38. The monoisotopic (exact) mass is 295 g/mol. The van der Waals surface area contributed by atoms with Crippen LogP contribution in [0.25, 0.3) is 5.52 Å². The predicted molar refractivity (Wildman–Crippen MR) is 83.5 cm³/mol. The number of aromatic nitrogens is 2. The summed E-state index contributed by atoms with van der Waals surface area (Å²) in [6.07, 6.45) is 5.15. The van der Waals surface area contributed by atoms with E-state index in [1.165, 1.54) is 0 Å². The number of hydrogen-bond acceptors (Lipinski definition) is 3. The molecule has 0 aliphatic rings. The topological polar surface area (TPSA) is 66.6 Å². The molecule has 0 saturated carbocycles. The fourth-order valence-corrected chi connectivity index (χ4v) is 2.31. The van der Waals surface area contributed by atoms with Gasteiger partial charge < -0.3 is 14.8 Å². The van der Waals surface area contributed by atoms with Crippen molar-refractivity contribution in [2.75, 3.05) is 6.54 Å². The van der Waals surface area contributed by atoms with Crippen LogP contribution in [0.3, 0.4) is 0 Å². The fourth-order valence-electron chi connectivity index (χ4n) is 2.31. The maximum absolute atomic E-state index is 12.2. The van der Waals surface area contributed by atoms with Crippen LogP contribution in [0.1, 0.15) is 22.8 Å². The maximum Gasteiger partial charge on any atom is 0.251 e. The molecule has 0 saturated heterocycles.